The highest BCUT2D eigenvalue weighted by atomic mass is 32.1. The van der Waals surface area contributed by atoms with E-state index >= 15 is 0 Å². The molecule has 0 saturated carbocycles. The first kappa shape index (κ1) is 12.1. The minimum absolute atomic E-state index is 0.0815. The van der Waals surface area contributed by atoms with Gasteiger partial charge < -0.3 is 11.1 Å². The minimum Gasteiger partial charge on any atom is -0.329 e. The molecule has 4 nitrogen and oxygen atoms in total. The van der Waals surface area contributed by atoms with Crippen LogP contribution in [0.3, 0.4) is 0 Å². The minimum atomic E-state index is -0.544. The Hall–Kier alpha value is -0.940. The molecule has 0 saturated heterocycles. The molecule has 0 aliphatic rings. The molecule has 3 N–H and O–H groups in total. The number of nitrogens with one attached hydrogen (secondary N) is 1. The van der Waals surface area contributed by atoms with E-state index in [1.54, 1.807) is 6.20 Å². The molecule has 1 amide bonds. The number of nitrogens with two attached hydrogens (primary N) is 1. The van der Waals surface area contributed by atoms with Crippen molar-refractivity contribution in [3.63, 3.8) is 0 Å². The highest BCUT2D eigenvalue weighted by Crippen LogP contribution is 2.21. The van der Waals surface area contributed by atoms with Gasteiger partial charge in [0.05, 0.1) is 5.41 Å². The number of hydrogen-bond acceptors (Lipinski definition) is 4. The summed E-state index contributed by atoms with van der Waals surface area (Å²) in [6.45, 7) is 6.02. The summed E-state index contributed by atoms with van der Waals surface area (Å²) in [5.41, 5.74) is 4.97. The predicted octanol–water partition coefficient (Wildman–Crippen LogP) is 1.63. The second kappa shape index (κ2) is 4.72. The van der Waals surface area contributed by atoms with Crippen LogP contribution in [0.4, 0.5) is 5.13 Å². The van der Waals surface area contributed by atoms with E-state index in [9.17, 15) is 4.79 Å². The Morgan fingerprint density at radius 3 is 2.80 bits per heavy atom. The fourth-order valence-electron chi connectivity index (χ4n) is 0.888. The fourth-order valence-corrected chi connectivity index (χ4v) is 1.63. The molecule has 84 valence electrons. The van der Waals surface area contributed by atoms with Crippen LogP contribution < -0.4 is 11.1 Å². The molecular formula is C10H17N3OS. The van der Waals surface area contributed by atoms with Crippen molar-refractivity contribution in [1.29, 1.82) is 0 Å². The molecule has 0 aliphatic heterocycles. The zero-order chi connectivity index (χ0) is 11.5. The smallest absolute Gasteiger partial charge is 0.233 e. The lowest BCUT2D eigenvalue weighted by Gasteiger charge is -2.19. The van der Waals surface area contributed by atoms with Crippen LogP contribution >= 0.6 is 11.3 Å². The summed E-state index contributed by atoms with van der Waals surface area (Å²) in [5, 5.41) is 3.43. The molecule has 1 aromatic heterocycles. The summed E-state index contributed by atoms with van der Waals surface area (Å²) in [6, 6.07) is 0. The van der Waals surface area contributed by atoms with E-state index in [2.05, 4.69) is 17.2 Å². The number of carbonyl (C=O) groups excluding carboxylic acids is 1. The summed E-state index contributed by atoms with van der Waals surface area (Å²) in [4.78, 5) is 17.0. The average Bonchev–Trinajstić information content (AvgIpc) is 2.65. The molecule has 0 fully saturated rings. The van der Waals surface area contributed by atoms with Crippen molar-refractivity contribution in [2.75, 3.05) is 11.9 Å². The Morgan fingerprint density at radius 2 is 2.33 bits per heavy atom. The van der Waals surface area contributed by atoms with Crippen LogP contribution in [-0.4, -0.2) is 17.4 Å². The van der Waals surface area contributed by atoms with Crippen molar-refractivity contribution in [1.82, 2.24) is 4.98 Å². The normalized spacial score (nSPS) is 11.5. The molecule has 0 spiro atoms. The largest absolute Gasteiger partial charge is 0.329 e. The summed E-state index contributed by atoms with van der Waals surface area (Å²) in [6.07, 6.45) is 2.73. The summed E-state index contributed by atoms with van der Waals surface area (Å²) >= 11 is 1.50. The van der Waals surface area contributed by atoms with Crippen molar-refractivity contribution in [2.24, 2.45) is 11.1 Å². The third-order valence-corrected chi connectivity index (χ3v) is 3.30. The monoisotopic (exact) mass is 227 g/mol. The number of carbonyl (C=O) groups is 1. The van der Waals surface area contributed by atoms with Crippen molar-refractivity contribution in [2.45, 2.75) is 27.2 Å². The number of hydrogen-bond donors (Lipinski definition) is 2. The van der Waals surface area contributed by atoms with Crippen LogP contribution in [0, 0.1) is 5.41 Å². The summed E-state index contributed by atoms with van der Waals surface area (Å²) < 4.78 is 0. The number of thiazole rings is 1. The molecule has 5 heteroatoms. The molecule has 0 unspecified atom stereocenters. The third-order valence-electron chi connectivity index (χ3n) is 2.25. The predicted molar refractivity (Wildman–Crippen MR) is 63.0 cm³/mol. The zero-order valence-corrected chi connectivity index (χ0v) is 10.1. The van der Waals surface area contributed by atoms with Gasteiger partial charge in [-0.1, -0.05) is 6.92 Å². The molecule has 0 radical (unpaired) electrons. The van der Waals surface area contributed by atoms with Gasteiger partial charge in [-0.25, -0.2) is 4.98 Å². The Labute approximate surface area is 93.9 Å². The van der Waals surface area contributed by atoms with Crippen molar-refractivity contribution >= 4 is 22.4 Å². The molecule has 15 heavy (non-hydrogen) atoms. The van der Waals surface area contributed by atoms with Gasteiger partial charge in [0.25, 0.3) is 0 Å². The lowest BCUT2D eigenvalue weighted by Crippen LogP contribution is -2.37. The standard InChI is InChI=1S/C10H17N3OS/c1-4-7-5-12-9(15-7)13-8(14)10(2,3)6-11/h5H,4,6,11H2,1-3H3,(H,12,13,14). The van der Waals surface area contributed by atoms with Crippen molar-refractivity contribution in [3.8, 4) is 0 Å². The number of aryl methyl sites for hydroxylation is 1. The van der Waals surface area contributed by atoms with Gasteiger partial charge in [0.15, 0.2) is 5.13 Å². The highest BCUT2D eigenvalue weighted by Gasteiger charge is 2.26. The second-order valence-electron chi connectivity index (χ2n) is 4.03. The molecular weight excluding hydrogens is 210 g/mol. The maximum absolute atomic E-state index is 11.7. The van der Waals surface area contributed by atoms with Gasteiger partial charge in [-0.3, -0.25) is 4.79 Å². The van der Waals surface area contributed by atoms with E-state index in [-0.39, 0.29) is 5.91 Å². The van der Waals surface area contributed by atoms with Crippen LogP contribution in [0.25, 0.3) is 0 Å². The van der Waals surface area contributed by atoms with Crippen molar-refractivity contribution in [3.05, 3.63) is 11.1 Å². The number of amides is 1. The van der Waals surface area contributed by atoms with Crippen LogP contribution in [0.5, 0.6) is 0 Å². The van der Waals surface area contributed by atoms with E-state index in [0.717, 1.165) is 11.3 Å². The van der Waals surface area contributed by atoms with Crippen LogP contribution in [0.1, 0.15) is 25.6 Å². The molecule has 0 atom stereocenters. The molecule has 1 aromatic rings. The maximum atomic E-state index is 11.7. The van der Waals surface area contributed by atoms with E-state index in [1.807, 2.05) is 13.8 Å². The Balaban J connectivity index is 2.66. The van der Waals surface area contributed by atoms with Gasteiger partial charge in [0.2, 0.25) is 5.91 Å². The van der Waals surface area contributed by atoms with E-state index < -0.39 is 5.41 Å². The first-order valence-corrected chi connectivity index (χ1v) is 5.77. The van der Waals surface area contributed by atoms with E-state index in [4.69, 9.17) is 5.73 Å². The SMILES string of the molecule is CCc1cnc(NC(=O)C(C)(C)CN)s1. The molecule has 0 bridgehead atoms. The van der Waals surface area contributed by atoms with Gasteiger partial charge >= 0.3 is 0 Å². The van der Waals surface area contributed by atoms with Gasteiger partial charge in [-0.2, -0.15) is 0 Å². The summed E-state index contributed by atoms with van der Waals surface area (Å²) in [7, 11) is 0. The van der Waals surface area contributed by atoms with Crippen molar-refractivity contribution < 1.29 is 4.79 Å². The first-order valence-electron chi connectivity index (χ1n) is 4.96. The maximum Gasteiger partial charge on any atom is 0.233 e. The number of anilines is 1. The summed E-state index contributed by atoms with van der Waals surface area (Å²) in [5.74, 6) is -0.0815. The average molecular weight is 227 g/mol. The third kappa shape index (κ3) is 3.00. The van der Waals surface area contributed by atoms with Gasteiger partial charge in [-0.15, -0.1) is 11.3 Å². The van der Waals surface area contributed by atoms with Gasteiger partial charge in [-0.05, 0) is 20.3 Å². The highest BCUT2D eigenvalue weighted by molar-refractivity contribution is 7.15. The van der Waals surface area contributed by atoms with Crippen LogP contribution in [-0.2, 0) is 11.2 Å². The Bertz CT molecular complexity index is 346. The number of aromatic nitrogens is 1. The van der Waals surface area contributed by atoms with E-state index in [1.165, 1.54) is 11.3 Å². The molecule has 1 rings (SSSR count). The first-order chi connectivity index (χ1) is 6.99. The Morgan fingerprint density at radius 1 is 1.67 bits per heavy atom. The lowest BCUT2D eigenvalue weighted by molar-refractivity contribution is -0.123. The number of nitrogens with zero attached hydrogens (tertiary/aromatic N) is 1. The number of rotatable bonds is 4. The van der Waals surface area contributed by atoms with Gasteiger partial charge in [0.1, 0.15) is 0 Å². The lowest BCUT2D eigenvalue weighted by atomic mass is 9.93. The second-order valence-corrected chi connectivity index (χ2v) is 5.14. The van der Waals surface area contributed by atoms with Gasteiger partial charge in [0, 0.05) is 17.6 Å². The molecule has 0 aromatic carbocycles. The molecule has 0 aliphatic carbocycles. The van der Waals surface area contributed by atoms with Crippen LogP contribution in [0.15, 0.2) is 6.20 Å². The fraction of sp³-hybridized carbons (Fsp3) is 0.600. The van der Waals surface area contributed by atoms with Crippen LogP contribution in [0.2, 0.25) is 0 Å². The topological polar surface area (TPSA) is 68.0 Å². The van der Waals surface area contributed by atoms with E-state index in [0.29, 0.717) is 11.7 Å². The quantitative estimate of drug-likeness (QED) is 0.821. The molecule has 1 heterocycles. The zero-order valence-electron chi connectivity index (χ0n) is 9.33. The Kier molecular flexibility index (Phi) is 3.82.